The van der Waals surface area contributed by atoms with Crippen LogP contribution in [0.1, 0.15) is 27.2 Å². The summed E-state index contributed by atoms with van der Waals surface area (Å²) in [5.74, 6) is 3.47. The average Bonchev–Trinajstić information content (AvgIpc) is 2.48. The van der Waals surface area contributed by atoms with Crippen molar-refractivity contribution in [3.63, 3.8) is 0 Å². The molecule has 0 aromatic heterocycles. The highest BCUT2D eigenvalue weighted by Gasteiger charge is 2.39. The Morgan fingerprint density at radius 2 is 2.00 bits per heavy atom. The standard InChI is InChI=1S/C9H19N/c1-6(2)9(5-10)8-4-7(8)3/h6-9H,4-5,10H2,1-3H3. The minimum Gasteiger partial charge on any atom is -0.330 e. The molecule has 1 nitrogen and oxygen atoms in total. The summed E-state index contributed by atoms with van der Waals surface area (Å²) < 4.78 is 0. The molecule has 0 saturated heterocycles. The Morgan fingerprint density at radius 1 is 1.50 bits per heavy atom. The van der Waals surface area contributed by atoms with E-state index in [1.54, 1.807) is 0 Å². The second-order valence-electron chi connectivity index (χ2n) is 4.02. The maximum absolute atomic E-state index is 5.68. The van der Waals surface area contributed by atoms with Gasteiger partial charge in [0.2, 0.25) is 0 Å². The number of hydrogen-bond acceptors (Lipinski definition) is 1. The normalized spacial score (nSPS) is 34.5. The van der Waals surface area contributed by atoms with Crippen LogP contribution in [0.4, 0.5) is 0 Å². The van der Waals surface area contributed by atoms with Crippen molar-refractivity contribution in [3.8, 4) is 0 Å². The van der Waals surface area contributed by atoms with Gasteiger partial charge in [-0.15, -0.1) is 0 Å². The molecular formula is C9H19N. The largest absolute Gasteiger partial charge is 0.330 e. The SMILES string of the molecule is CC(C)C(CN)C1CC1C. The Labute approximate surface area is 64.0 Å². The van der Waals surface area contributed by atoms with Crippen LogP contribution in [-0.2, 0) is 0 Å². The predicted molar refractivity (Wildman–Crippen MR) is 44.7 cm³/mol. The second-order valence-corrected chi connectivity index (χ2v) is 4.02. The Balaban J connectivity index is 2.34. The van der Waals surface area contributed by atoms with Crippen molar-refractivity contribution in [2.75, 3.05) is 6.54 Å². The highest BCUT2D eigenvalue weighted by Crippen LogP contribution is 2.45. The van der Waals surface area contributed by atoms with Crippen molar-refractivity contribution in [3.05, 3.63) is 0 Å². The summed E-state index contributed by atoms with van der Waals surface area (Å²) in [6, 6.07) is 0. The maximum Gasteiger partial charge on any atom is -0.00437 e. The molecule has 1 heteroatoms. The molecule has 0 aromatic rings. The molecule has 1 aliphatic carbocycles. The number of nitrogens with two attached hydrogens (primary N) is 1. The lowest BCUT2D eigenvalue weighted by Crippen LogP contribution is -2.22. The Kier molecular flexibility index (Phi) is 2.35. The average molecular weight is 141 g/mol. The summed E-state index contributed by atoms with van der Waals surface area (Å²) in [7, 11) is 0. The fourth-order valence-electron chi connectivity index (χ4n) is 1.89. The van der Waals surface area contributed by atoms with Gasteiger partial charge in [-0.3, -0.25) is 0 Å². The van der Waals surface area contributed by atoms with Crippen LogP contribution < -0.4 is 5.73 Å². The lowest BCUT2D eigenvalue weighted by molar-refractivity contribution is 0.337. The fraction of sp³-hybridized carbons (Fsp3) is 1.00. The molecular weight excluding hydrogens is 122 g/mol. The van der Waals surface area contributed by atoms with Gasteiger partial charge >= 0.3 is 0 Å². The molecule has 60 valence electrons. The summed E-state index contributed by atoms with van der Waals surface area (Å²) in [5, 5.41) is 0. The van der Waals surface area contributed by atoms with Crippen LogP contribution in [0, 0.1) is 23.7 Å². The molecule has 0 aromatic carbocycles. The maximum atomic E-state index is 5.68. The predicted octanol–water partition coefficient (Wildman–Crippen LogP) is 1.87. The first-order chi connectivity index (χ1) is 4.66. The van der Waals surface area contributed by atoms with Gasteiger partial charge in [-0.25, -0.2) is 0 Å². The lowest BCUT2D eigenvalue weighted by atomic mass is 9.90. The molecule has 3 atom stereocenters. The van der Waals surface area contributed by atoms with E-state index in [2.05, 4.69) is 20.8 Å². The van der Waals surface area contributed by atoms with E-state index < -0.39 is 0 Å². The smallest absolute Gasteiger partial charge is 0.00437 e. The summed E-state index contributed by atoms with van der Waals surface area (Å²) in [5.41, 5.74) is 5.68. The van der Waals surface area contributed by atoms with E-state index in [-0.39, 0.29) is 0 Å². The van der Waals surface area contributed by atoms with Gasteiger partial charge in [0.05, 0.1) is 0 Å². The van der Waals surface area contributed by atoms with Gasteiger partial charge < -0.3 is 5.73 Å². The summed E-state index contributed by atoms with van der Waals surface area (Å²) in [4.78, 5) is 0. The highest BCUT2D eigenvalue weighted by molar-refractivity contribution is 4.89. The zero-order chi connectivity index (χ0) is 7.72. The van der Waals surface area contributed by atoms with Crippen LogP contribution >= 0.6 is 0 Å². The van der Waals surface area contributed by atoms with Crippen molar-refractivity contribution in [1.29, 1.82) is 0 Å². The van der Waals surface area contributed by atoms with Gasteiger partial charge in [-0.1, -0.05) is 20.8 Å². The van der Waals surface area contributed by atoms with Gasteiger partial charge in [0, 0.05) is 0 Å². The van der Waals surface area contributed by atoms with E-state index in [4.69, 9.17) is 5.73 Å². The van der Waals surface area contributed by atoms with E-state index in [9.17, 15) is 0 Å². The van der Waals surface area contributed by atoms with E-state index >= 15 is 0 Å². The zero-order valence-corrected chi connectivity index (χ0v) is 7.30. The van der Waals surface area contributed by atoms with Crippen molar-refractivity contribution in [2.45, 2.75) is 27.2 Å². The van der Waals surface area contributed by atoms with Crippen LogP contribution in [0.2, 0.25) is 0 Å². The van der Waals surface area contributed by atoms with Gasteiger partial charge in [0.25, 0.3) is 0 Å². The molecule has 3 unspecified atom stereocenters. The molecule has 0 radical (unpaired) electrons. The lowest BCUT2D eigenvalue weighted by Gasteiger charge is -2.17. The van der Waals surface area contributed by atoms with Crippen molar-refractivity contribution < 1.29 is 0 Å². The molecule has 0 spiro atoms. The second kappa shape index (κ2) is 2.91. The summed E-state index contributed by atoms with van der Waals surface area (Å²) in [6.45, 7) is 7.77. The molecule has 0 amide bonds. The van der Waals surface area contributed by atoms with E-state index in [0.717, 1.165) is 30.2 Å². The van der Waals surface area contributed by atoms with Crippen molar-refractivity contribution in [1.82, 2.24) is 0 Å². The molecule has 1 saturated carbocycles. The van der Waals surface area contributed by atoms with Gasteiger partial charge in [-0.2, -0.15) is 0 Å². The first-order valence-electron chi connectivity index (χ1n) is 4.37. The third kappa shape index (κ3) is 1.51. The van der Waals surface area contributed by atoms with Crippen LogP contribution in [-0.4, -0.2) is 6.54 Å². The molecule has 1 fully saturated rings. The Bertz CT molecular complexity index is 109. The van der Waals surface area contributed by atoms with E-state index in [0.29, 0.717) is 0 Å². The minimum absolute atomic E-state index is 0.778. The van der Waals surface area contributed by atoms with Crippen LogP contribution in [0.3, 0.4) is 0 Å². The molecule has 0 heterocycles. The van der Waals surface area contributed by atoms with E-state index in [1.165, 1.54) is 6.42 Å². The first kappa shape index (κ1) is 8.06. The molecule has 1 rings (SSSR count). The quantitative estimate of drug-likeness (QED) is 0.638. The fourth-order valence-corrected chi connectivity index (χ4v) is 1.89. The van der Waals surface area contributed by atoms with E-state index in [1.807, 2.05) is 0 Å². The third-order valence-corrected chi connectivity index (χ3v) is 2.85. The Morgan fingerprint density at radius 3 is 2.10 bits per heavy atom. The van der Waals surface area contributed by atoms with Crippen LogP contribution in [0.15, 0.2) is 0 Å². The van der Waals surface area contributed by atoms with Gasteiger partial charge in [0.15, 0.2) is 0 Å². The van der Waals surface area contributed by atoms with Crippen LogP contribution in [0.25, 0.3) is 0 Å². The number of rotatable bonds is 3. The molecule has 2 N–H and O–H groups in total. The van der Waals surface area contributed by atoms with Gasteiger partial charge in [-0.05, 0) is 36.6 Å². The minimum atomic E-state index is 0.778. The highest BCUT2D eigenvalue weighted by atomic mass is 14.6. The molecule has 10 heavy (non-hydrogen) atoms. The van der Waals surface area contributed by atoms with Crippen molar-refractivity contribution in [2.24, 2.45) is 29.4 Å². The number of hydrogen-bond donors (Lipinski definition) is 1. The monoisotopic (exact) mass is 141 g/mol. The summed E-state index contributed by atoms with van der Waals surface area (Å²) in [6.07, 6.45) is 1.42. The van der Waals surface area contributed by atoms with Crippen LogP contribution in [0.5, 0.6) is 0 Å². The topological polar surface area (TPSA) is 26.0 Å². The first-order valence-corrected chi connectivity index (χ1v) is 4.37. The zero-order valence-electron chi connectivity index (χ0n) is 7.30. The molecule has 1 aliphatic rings. The molecule has 0 bridgehead atoms. The molecule has 0 aliphatic heterocycles. The Hall–Kier alpha value is -0.0400. The summed E-state index contributed by atoms with van der Waals surface area (Å²) >= 11 is 0. The van der Waals surface area contributed by atoms with Crippen molar-refractivity contribution >= 4 is 0 Å². The third-order valence-electron chi connectivity index (χ3n) is 2.85. The van der Waals surface area contributed by atoms with Gasteiger partial charge in [0.1, 0.15) is 0 Å².